The number of pyridine rings is 2. The number of aromatic nitrogens is 2. The highest BCUT2D eigenvalue weighted by molar-refractivity contribution is 5.94. The number of halogens is 3. The quantitative estimate of drug-likeness (QED) is 0.706. The van der Waals surface area contributed by atoms with Crippen LogP contribution in [0.25, 0.3) is 0 Å². The van der Waals surface area contributed by atoms with E-state index in [2.05, 4.69) is 20.6 Å². The van der Waals surface area contributed by atoms with E-state index in [9.17, 15) is 18.0 Å². The molecule has 8 heteroatoms. The number of rotatable bonds is 5. The van der Waals surface area contributed by atoms with Gasteiger partial charge >= 0.3 is 6.18 Å². The molecule has 2 heterocycles. The molecule has 2 N–H and O–H groups in total. The molecule has 2 aromatic heterocycles. The number of carbonyl (C=O) groups excluding carboxylic acids is 1. The van der Waals surface area contributed by atoms with E-state index >= 15 is 0 Å². The Morgan fingerprint density at radius 3 is 2.44 bits per heavy atom. The number of benzene rings is 1. The first-order chi connectivity index (χ1) is 12.9. The van der Waals surface area contributed by atoms with Gasteiger partial charge in [0.2, 0.25) is 0 Å². The van der Waals surface area contributed by atoms with Crippen LogP contribution in [0.3, 0.4) is 0 Å². The normalized spacial score (nSPS) is 11.1. The van der Waals surface area contributed by atoms with Crippen LogP contribution in [0.1, 0.15) is 21.6 Å². The van der Waals surface area contributed by atoms with Crippen molar-refractivity contribution in [1.82, 2.24) is 15.3 Å². The van der Waals surface area contributed by atoms with Gasteiger partial charge in [0.15, 0.2) is 0 Å². The van der Waals surface area contributed by atoms with E-state index < -0.39 is 11.7 Å². The minimum Gasteiger partial charge on any atom is -0.354 e. The van der Waals surface area contributed by atoms with E-state index in [1.54, 1.807) is 24.4 Å². The summed E-state index contributed by atoms with van der Waals surface area (Å²) in [5.74, 6) is -0.329. The highest BCUT2D eigenvalue weighted by atomic mass is 19.4. The monoisotopic (exact) mass is 372 g/mol. The Kier molecular flexibility index (Phi) is 5.35. The zero-order valence-electron chi connectivity index (χ0n) is 14.0. The largest absolute Gasteiger partial charge is 0.416 e. The lowest BCUT2D eigenvalue weighted by Crippen LogP contribution is -2.23. The molecule has 0 saturated carbocycles. The Morgan fingerprint density at radius 2 is 1.78 bits per heavy atom. The summed E-state index contributed by atoms with van der Waals surface area (Å²) in [6.45, 7) is 0.274. The van der Waals surface area contributed by atoms with Gasteiger partial charge in [-0.2, -0.15) is 13.2 Å². The molecular formula is C19H15F3N4O. The molecule has 0 bridgehead atoms. The molecule has 3 rings (SSSR count). The molecule has 0 saturated heterocycles. The van der Waals surface area contributed by atoms with E-state index in [0.29, 0.717) is 16.9 Å². The van der Waals surface area contributed by atoms with Crippen molar-refractivity contribution >= 4 is 17.3 Å². The van der Waals surface area contributed by atoms with Crippen molar-refractivity contribution in [3.05, 3.63) is 83.9 Å². The average molecular weight is 372 g/mol. The zero-order chi connectivity index (χ0) is 19.3. The summed E-state index contributed by atoms with van der Waals surface area (Å²) in [5.41, 5.74) is 1.26. The van der Waals surface area contributed by atoms with Gasteiger partial charge in [0.25, 0.3) is 5.91 Å². The van der Waals surface area contributed by atoms with Gasteiger partial charge in [-0.05, 0) is 42.5 Å². The molecule has 0 radical (unpaired) electrons. The van der Waals surface area contributed by atoms with Gasteiger partial charge < -0.3 is 10.6 Å². The molecule has 5 nitrogen and oxygen atoms in total. The van der Waals surface area contributed by atoms with Crippen molar-refractivity contribution in [1.29, 1.82) is 0 Å². The number of hydrogen-bond donors (Lipinski definition) is 2. The Balaban J connectivity index is 1.65. The minimum absolute atomic E-state index is 0.274. The number of hydrogen-bond acceptors (Lipinski definition) is 4. The third-order valence-electron chi connectivity index (χ3n) is 3.66. The molecule has 0 aliphatic carbocycles. The average Bonchev–Trinajstić information content (AvgIpc) is 2.67. The molecule has 27 heavy (non-hydrogen) atoms. The highest BCUT2D eigenvalue weighted by Crippen LogP contribution is 2.30. The van der Waals surface area contributed by atoms with Gasteiger partial charge in [-0.1, -0.05) is 6.07 Å². The number of anilines is 2. The summed E-state index contributed by atoms with van der Waals surface area (Å²) in [4.78, 5) is 20.4. The molecule has 0 atom stereocenters. The van der Waals surface area contributed by atoms with Crippen molar-refractivity contribution in [3.63, 3.8) is 0 Å². The number of carbonyl (C=O) groups is 1. The lowest BCUT2D eigenvalue weighted by Gasteiger charge is -2.10. The number of nitrogens with zero attached hydrogens (tertiary/aromatic N) is 2. The summed E-state index contributed by atoms with van der Waals surface area (Å²) in [7, 11) is 0. The maximum Gasteiger partial charge on any atom is 0.416 e. The molecule has 0 aliphatic rings. The molecule has 0 fully saturated rings. The first-order valence-corrected chi connectivity index (χ1v) is 7.99. The molecular weight excluding hydrogens is 357 g/mol. The third-order valence-corrected chi connectivity index (χ3v) is 3.66. The maximum absolute atomic E-state index is 12.6. The van der Waals surface area contributed by atoms with Crippen LogP contribution < -0.4 is 10.6 Å². The van der Waals surface area contributed by atoms with Gasteiger partial charge in [-0.15, -0.1) is 0 Å². The van der Waals surface area contributed by atoms with Crippen molar-refractivity contribution < 1.29 is 18.0 Å². The lowest BCUT2D eigenvalue weighted by atomic mass is 10.2. The summed E-state index contributed by atoms with van der Waals surface area (Å²) in [5, 5.41) is 5.67. The standard InChI is InChI=1S/C19H15F3N4O/c20-19(21,22)14-4-6-15(7-5-14)26-17-9-13(10-23-11-17)18(27)25-12-16-3-1-2-8-24-16/h1-11,26H,12H2,(H,25,27). The predicted octanol–water partition coefficient (Wildman–Crippen LogP) is 4.17. The van der Waals surface area contributed by atoms with Gasteiger partial charge in [0, 0.05) is 18.1 Å². The van der Waals surface area contributed by atoms with E-state index in [0.717, 1.165) is 17.8 Å². The molecule has 3 aromatic rings. The second kappa shape index (κ2) is 7.86. The highest BCUT2D eigenvalue weighted by Gasteiger charge is 2.29. The first kappa shape index (κ1) is 18.4. The van der Waals surface area contributed by atoms with E-state index in [-0.39, 0.29) is 12.5 Å². The molecule has 0 aliphatic heterocycles. The molecule has 138 valence electrons. The van der Waals surface area contributed by atoms with Crippen LogP contribution in [0.15, 0.2) is 67.1 Å². The van der Waals surface area contributed by atoms with Crippen molar-refractivity contribution in [2.75, 3.05) is 5.32 Å². The summed E-state index contributed by atoms with van der Waals surface area (Å²) in [6, 6.07) is 11.6. The molecule has 1 aromatic carbocycles. The van der Waals surface area contributed by atoms with Crippen LogP contribution in [0.4, 0.5) is 24.5 Å². The SMILES string of the molecule is O=C(NCc1ccccn1)c1cncc(Nc2ccc(C(F)(F)F)cc2)c1. The zero-order valence-corrected chi connectivity index (χ0v) is 14.0. The van der Waals surface area contributed by atoms with Gasteiger partial charge in [0.05, 0.1) is 35.2 Å². The Bertz CT molecular complexity index is 912. The summed E-state index contributed by atoms with van der Waals surface area (Å²) >= 11 is 0. The second-order valence-electron chi connectivity index (χ2n) is 5.67. The van der Waals surface area contributed by atoms with Crippen LogP contribution in [-0.2, 0) is 12.7 Å². The smallest absolute Gasteiger partial charge is 0.354 e. The number of amides is 1. The topological polar surface area (TPSA) is 66.9 Å². The van der Waals surface area contributed by atoms with Crippen LogP contribution in [0.5, 0.6) is 0 Å². The van der Waals surface area contributed by atoms with E-state index in [1.807, 2.05) is 6.07 Å². The van der Waals surface area contributed by atoms with Crippen molar-refractivity contribution in [2.24, 2.45) is 0 Å². The number of nitrogens with one attached hydrogen (secondary N) is 2. The Hall–Kier alpha value is -3.42. The maximum atomic E-state index is 12.6. The Morgan fingerprint density at radius 1 is 1.00 bits per heavy atom. The van der Waals surface area contributed by atoms with Crippen LogP contribution in [0.2, 0.25) is 0 Å². The lowest BCUT2D eigenvalue weighted by molar-refractivity contribution is -0.137. The Labute approximate surface area is 153 Å². The van der Waals surface area contributed by atoms with Gasteiger partial charge in [-0.3, -0.25) is 14.8 Å². The van der Waals surface area contributed by atoms with Crippen LogP contribution in [-0.4, -0.2) is 15.9 Å². The van der Waals surface area contributed by atoms with Crippen LogP contribution in [0, 0.1) is 0 Å². The fourth-order valence-electron chi connectivity index (χ4n) is 2.32. The van der Waals surface area contributed by atoms with E-state index in [4.69, 9.17) is 0 Å². The fraction of sp³-hybridized carbons (Fsp3) is 0.105. The van der Waals surface area contributed by atoms with Crippen LogP contribution >= 0.6 is 0 Å². The van der Waals surface area contributed by atoms with Gasteiger partial charge in [-0.25, -0.2) is 0 Å². The van der Waals surface area contributed by atoms with Crippen molar-refractivity contribution in [3.8, 4) is 0 Å². The van der Waals surface area contributed by atoms with E-state index in [1.165, 1.54) is 24.5 Å². The summed E-state index contributed by atoms with van der Waals surface area (Å²) < 4.78 is 37.8. The summed E-state index contributed by atoms with van der Waals surface area (Å²) in [6.07, 6.45) is 0.141. The third kappa shape index (κ3) is 5.04. The molecule has 0 unspecified atom stereocenters. The fourth-order valence-corrected chi connectivity index (χ4v) is 2.32. The minimum atomic E-state index is -4.38. The van der Waals surface area contributed by atoms with Gasteiger partial charge in [0.1, 0.15) is 0 Å². The molecule has 0 spiro atoms. The first-order valence-electron chi connectivity index (χ1n) is 7.99. The van der Waals surface area contributed by atoms with Crippen molar-refractivity contribution in [2.45, 2.75) is 12.7 Å². The number of alkyl halides is 3. The molecule has 1 amide bonds. The second-order valence-corrected chi connectivity index (χ2v) is 5.67. The predicted molar refractivity (Wildman–Crippen MR) is 94.4 cm³/mol.